The van der Waals surface area contributed by atoms with Crippen LogP contribution >= 0.6 is 0 Å². The first-order valence-corrected chi connectivity index (χ1v) is 9.08. The molecule has 4 rings (SSSR count). The SMILES string of the molecule is CCc1ccc(CNc2ccc(-n3nc4ccc(OC)cc4n3)cc2)cc1. The van der Waals surface area contributed by atoms with Gasteiger partial charge in [0.15, 0.2) is 0 Å². The van der Waals surface area contributed by atoms with Crippen molar-refractivity contribution in [1.29, 1.82) is 0 Å². The van der Waals surface area contributed by atoms with Crippen molar-refractivity contribution in [1.82, 2.24) is 15.0 Å². The minimum absolute atomic E-state index is 0.779. The van der Waals surface area contributed by atoms with Gasteiger partial charge in [-0.2, -0.15) is 4.80 Å². The van der Waals surface area contributed by atoms with E-state index in [2.05, 4.69) is 46.7 Å². The summed E-state index contributed by atoms with van der Waals surface area (Å²) in [5.74, 6) is 0.779. The van der Waals surface area contributed by atoms with E-state index in [1.165, 1.54) is 11.1 Å². The average Bonchev–Trinajstić information content (AvgIpc) is 3.16. The molecule has 1 aromatic heterocycles. The molecule has 0 atom stereocenters. The van der Waals surface area contributed by atoms with Gasteiger partial charge in [0.05, 0.1) is 12.8 Å². The number of hydrogen-bond acceptors (Lipinski definition) is 4. The number of aromatic nitrogens is 3. The summed E-state index contributed by atoms with van der Waals surface area (Å²) in [5.41, 5.74) is 6.27. The normalized spacial score (nSPS) is 10.9. The minimum Gasteiger partial charge on any atom is -0.497 e. The number of rotatable bonds is 6. The number of anilines is 1. The Bertz CT molecular complexity index is 1040. The first-order valence-electron chi connectivity index (χ1n) is 9.08. The lowest BCUT2D eigenvalue weighted by Crippen LogP contribution is -2.01. The predicted octanol–water partition coefficient (Wildman–Crippen LogP) is 4.60. The molecule has 136 valence electrons. The first kappa shape index (κ1) is 17.1. The summed E-state index contributed by atoms with van der Waals surface area (Å²) < 4.78 is 5.24. The highest BCUT2D eigenvalue weighted by atomic mass is 16.5. The van der Waals surface area contributed by atoms with Crippen molar-refractivity contribution in [3.8, 4) is 11.4 Å². The lowest BCUT2D eigenvalue weighted by Gasteiger charge is -2.08. The van der Waals surface area contributed by atoms with Crippen LogP contribution in [0.5, 0.6) is 5.75 Å². The second kappa shape index (κ2) is 7.50. The molecule has 5 heteroatoms. The zero-order valence-electron chi connectivity index (χ0n) is 15.5. The summed E-state index contributed by atoms with van der Waals surface area (Å²) >= 11 is 0. The molecular weight excluding hydrogens is 336 g/mol. The summed E-state index contributed by atoms with van der Waals surface area (Å²) in [6.45, 7) is 2.97. The number of hydrogen-bond donors (Lipinski definition) is 1. The third-order valence-electron chi connectivity index (χ3n) is 4.61. The number of ether oxygens (including phenoxy) is 1. The lowest BCUT2D eigenvalue weighted by atomic mass is 10.1. The van der Waals surface area contributed by atoms with Crippen LogP contribution in [0.25, 0.3) is 16.7 Å². The van der Waals surface area contributed by atoms with E-state index in [1.807, 2.05) is 42.5 Å². The lowest BCUT2D eigenvalue weighted by molar-refractivity contribution is 0.415. The molecule has 0 aliphatic carbocycles. The molecular formula is C22H22N4O. The van der Waals surface area contributed by atoms with Gasteiger partial charge in [0.25, 0.3) is 0 Å². The van der Waals surface area contributed by atoms with E-state index in [-0.39, 0.29) is 0 Å². The van der Waals surface area contributed by atoms with E-state index in [0.717, 1.165) is 41.1 Å². The van der Waals surface area contributed by atoms with Crippen LogP contribution in [0.15, 0.2) is 66.7 Å². The van der Waals surface area contributed by atoms with Crippen LogP contribution < -0.4 is 10.1 Å². The third kappa shape index (κ3) is 3.77. The van der Waals surface area contributed by atoms with Crippen molar-refractivity contribution in [3.63, 3.8) is 0 Å². The van der Waals surface area contributed by atoms with Crippen LogP contribution in [-0.4, -0.2) is 22.1 Å². The van der Waals surface area contributed by atoms with E-state index in [9.17, 15) is 0 Å². The molecule has 0 bridgehead atoms. The number of nitrogens with one attached hydrogen (secondary N) is 1. The molecule has 0 aliphatic rings. The molecule has 1 heterocycles. The molecule has 0 spiro atoms. The maximum absolute atomic E-state index is 5.24. The Morgan fingerprint density at radius 1 is 0.852 bits per heavy atom. The highest BCUT2D eigenvalue weighted by molar-refractivity contribution is 5.75. The topological polar surface area (TPSA) is 52.0 Å². The van der Waals surface area contributed by atoms with Crippen molar-refractivity contribution in [2.45, 2.75) is 19.9 Å². The number of methoxy groups -OCH3 is 1. The Balaban J connectivity index is 1.46. The maximum atomic E-state index is 5.24. The minimum atomic E-state index is 0.779. The van der Waals surface area contributed by atoms with Gasteiger partial charge in [-0.1, -0.05) is 31.2 Å². The summed E-state index contributed by atoms with van der Waals surface area (Å²) in [6.07, 6.45) is 1.07. The van der Waals surface area contributed by atoms with Gasteiger partial charge in [0.2, 0.25) is 0 Å². The molecule has 0 unspecified atom stereocenters. The molecule has 0 fully saturated rings. The van der Waals surface area contributed by atoms with E-state index < -0.39 is 0 Å². The second-order valence-electron chi connectivity index (χ2n) is 6.41. The maximum Gasteiger partial charge on any atom is 0.121 e. The summed E-state index contributed by atoms with van der Waals surface area (Å²) in [4.78, 5) is 1.65. The van der Waals surface area contributed by atoms with Crippen LogP contribution in [0.2, 0.25) is 0 Å². The Hall–Kier alpha value is -3.34. The van der Waals surface area contributed by atoms with Gasteiger partial charge in [0.1, 0.15) is 16.8 Å². The number of benzene rings is 3. The molecule has 0 aliphatic heterocycles. The van der Waals surface area contributed by atoms with Crippen LogP contribution in [-0.2, 0) is 13.0 Å². The van der Waals surface area contributed by atoms with Crippen LogP contribution in [0.4, 0.5) is 5.69 Å². The van der Waals surface area contributed by atoms with Gasteiger partial charge in [-0.25, -0.2) is 0 Å². The van der Waals surface area contributed by atoms with Gasteiger partial charge in [-0.15, -0.1) is 10.2 Å². The predicted molar refractivity (Wildman–Crippen MR) is 109 cm³/mol. The largest absolute Gasteiger partial charge is 0.497 e. The summed E-state index contributed by atoms with van der Waals surface area (Å²) in [5, 5.41) is 12.5. The zero-order chi connectivity index (χ0) is 18.6. The Morgan fingerprint density at radius 2 is 1.56 bits per heavy atom. The van der Waals surface area contributed by atoms with Crippen molar-refractivity contribution >= 4 is 16.7 Å². The Morgan fingerprint density at radius 3 is 2.26 bits per heavy atom. The monoisotopic (exact) mass is 358 g/mol. The average molecular weight is 358 g/mol. The molecule has 0 radical (unpaired) electrons. The Kier molecular flexibility index (Phi) is 4.75. The van der Waals surface area contributed by atoms with Crippen molar-refractivity contribution in [3.05, 3.63) is 77.9 Å². The fraction of sp³-hybridized carbons (Fsp3) is 0.182. The highest BCUT2D eigenvalue weighted by Crippen LogP contribution is 2.19. The molecule has 1 N–H and O–H groups in total. The smallest absolute Gasteiger partial charge is 0.121 e. The zero-order valence-corrected chi connectivity index (χ0v) is 15.5. The quantitative estimate of drug-likeness (QED) is 0.547. The van der Waals surface area contributed by atoms with Crippen molar-refractivity contribution in [2.24, 2.45) is 0 Å². The molecule has 3 aromatic carbocycles. The van der Waals surface area contributed by atoms with E-state index >= 15 is 0 Å². The molecule has 0 saturated heterocycles. The van der Waals surface area contributed by atoms with Gasteiger partial charge >= 0.3 is 0 Å². The molecule has 4 aromatic rings. The van der Waals surface area contributed by atoms with E-state index in [4.69, 9.17) is 4.74 Å². The van der Waals surface area contributed by atoms with Gasteiger partial charge in [0, 0.05) is 18.3 Å². The fourth-order valence-corrected chi connectivity index (χ4v) is 2.95. The summed E-state index contributed by atoms with van der Waals surface area (Å²) in [6, 6.07) is 22.5. The second-order valence-corrected chi connectivity index (χ2v) is 6.41. The number of nitrogens with zero attached hydrogens (tertiary/aromatic N) is 3. The van der Waals surface area contributed by atoms with Gasteiger partial charge in [-0.05, 0) is 53.9 Å². The summed E-state index contributed by atoms with van der Waals surface area (Å²) in [7, 11) is 1.65. The van der Waals surface area contributed by atoms with Gasteiger partial charge < -0.3 is 10.1 Å². The number of aryl methyl sites for hydroxylation is 1. The molecule has 0 amide bonds. The van der Waals surface area contributed by atoms with E-state index in [1.54, 1.807) is 11.9 Å². The van der Waals surface area contributed by atoms with Crippen molar-refractivity contribution in [2.75, 3.05) is 12.4 Å². The van der Waals surface area contributed by atoms with Crippen LogP contribution in [0.3, 0.4) is 0 Å². The Labute approximate surface area is 158 Å². The van der Waals surface area contributed by atoms with E-state index in [0.29, 0.717) is 0 Å². The third-order valence-corrected chi connectivity index (χ3v) is 4.61. The fourth-order valence-electron chi connectivity index (χ4n) is 2.95. The van der Waals surface area contributed by atoms with Gasteiger partial charge in [-0.3, -0.25) is 0 Å². The van der Waals surface area contributed by atoms with Crippen LogP contribution in [0, 0.1) is 0 Å². The number of fused-ring (bicyclic) bond motifs is 1. The first-order chi connectivity index (χ1) is 13.2. The van der Waals surface area contributed by atoms with Crippen LogP contribution in [0.1, 0.15) is 18.1 Å². The van der Waals surface area contributed by atoms with Crippen molar-refractivity contribution < 1.29 is 4.74 Å². The molecule has 0 saturated carbocycles. The standard InChI is InChI=1S/C22H22N4O/c1-3-16-4-6-17(7-5-16)15-23-18-8-10-19(11-9-18)26-24-21-13-12-20(27-2)14-22(21)25-26/h4-14,23H,3,15H2,1-2H3. The molecule has 5 nitrogen and oxygen atoms in total. The molecule has 27 heavy (non-hydrogen) atoms. The highest BCUT2D eigenvalue weighted by Gasteiger charge is 2.06.